The lowest BCUT2D eigenvalue weighted by molar-refractivity contribution is 0.0514. The molecule has 0 bridgehead atoms. The summed E-state index contributed by atoms with van der Waals surface area (Å²) in [6, 6.07) is 18.7. The number of nitrogens with one attached hydrogen (secondary N) is 1. The number of H-pyrrole nitrogens is 1. The average molecular weight is 533 g/mol. The number of para-hydroxylation sites is 1. The third-order valence-corrected chi connectivity index (χ3v) is 8.52. The molecule has 0 saturated heterocycles. The molecule has 0 radical (unpaired) electrons. The Labute approximate surface area is 220 Å². The molecule has 9 heteroatoms. The molecule has 0 spiro atoms. The van der Waals surface area contributed by atoms with Gasteiger partial charge in [-0.1, -0.05) is 36.4 Å². The molecule has 1 aliphatic carbocycles. The number of carbonyl (C=O) groups is 1. The summed E-state index contributed by atoms with van der Waals surface area (Å²) >= 11 is 0. The molecule has 1 aliphatic rings. The molecule has 0 fully saturated rings. The van der Waals surface area contributed by atoms with Crippen molar-refractivity contribution in [3.63, 3.8) is 0 Å². The van der Waals surface area contributed by atoms with Gasteiger partial charge in [-0.15, -0.1) is 0 Å². The van der Waals surface area contributed by atoms with Crippen molar-refractivity contribution in [1.29, 1.82) is 0 Å². The number of sulfone groups is 1. The van der Waals surface area contributed by atoms with Crippen LogP contribution < -0.4 is 10.3 Å². The number of esters is 1. The number of benzene rings is 2. The van der Waals surface area contributed by atoms with Gasteiger partial charge < -0.3 is 19.0 Å². The van der Waals surface area contributed by atoms with E-state index in [0.717, 1.165) is 17.5 Å². The summed E-state index contributed by atoms with van der Waals surface area (Å²) in [5.74, 6) is 0.194. The second kappa shape index (κ2) is 10.3. The molecule has 8 nitrogen and oxygen atoms in total. The van der Waals surface area contributed by atoms with E-state index in [-0.39, 0.29) is 16.4 Å². The van der Waals surface area contributed by atoms with Crippen LogP contribution in [0.25, 0.3) is 11.4 Å². The molecule has 1 N–H and O–H groups in total. The van der Waals surface area contributed by atoms with Crippen molar-refractivity contribution in [2.45, 2.75) is 42.5 Å². The van der Waals surface area contributed by atoms with Crippen molar-refractivity contribution in [2.24, 2.45) is 0 Å². The summed E-state index contributed by atoms with van der Waals surface area (Å²) < 4.78 is 39.4. The van der Waals surface area contributed by atoms with Crippen molar-refractivity contribution < 1.29 is 22.7 Å². The zero-order valence-corrected chi connectivity index (χ0v) is 22.0. The van der Waals surface area contributed by atoms with E-state index in [2.05, 4.69) is 4.98 Å². The number of hydrogen-bond acceptors (Lipinski definition) is 6. The van der Waals surface area contributed by atoms with Crippen molar-refractivity contribution >= 4 is 15.8 Å². The Hall–Kier alpha value is -4.11. The molecule has 0 saturated carbocycles. The molecule has 2 heterocycles. The molecule has 38 heavy (non-hydrogen) atoms. The predicted molar refractivity (Wildman–Crippen MR) is 142 cm³/mol. The van der Waals surface area contributed by atoms with Gasteiger partial charge in [0.25, 0.3) is 5.56 Å². The van der Waals surface area contributed by atoms with Crippen LogP contribution in [0.4, 0.5) is 0 Å². The fraction of sp³-hybridized carbons (Fsp3) is 0.241. The third kappa shape index (κ3) is 4.54. The van der Waals surface area contributed by atoms with Gasteiger partial charge in [-0.25, -0.2) is 13.2 Å². The van der Waals surface area contributed by atoms with E-state index >= 15 is 0 Å². The molecule has 5 rings (SSSR count). The number of aromatic nitrogens is 2. The van der Waals surface area contributed by atoms with E-state index in [9.17, 15) is 18.0 Å². The van der Waals surface area contributed by atoms with Crippen LogP contribution in [0.1, 0.15) is 40.5 Å². The van der Waals surface area contributed by atoms with Crippen LogP contribution in [0.2, 0.25) is 0 Å². The summed E-state index contributed by atoms with van der Waals surface area (Å²) in [4.78, 5) is 28.9. The standard InChI is InChI=1S/C29H28N2O6S/c1-3-37-29(33)23-16-20-12-9-11-19-17-25(38(34,35)22-13-5-4-6-14-22)28(32)30-26(19)27(20)31(23)18-21-10-7-8-15-24(21)36-2/h4-8,10,13-17H,3,9,11-12,18H2,1-2H3,(H,30,32). The van der Waals surface area contributed by atoms with Crippen LogP contribution in [0.15, 0.2) is 81.3 Å². The number of fused-ring (bicyclic) bond motifs is 3. The molecule has 196 valence electrons. The van der Waals surface area contributed by atoms with Crippen LogP contribution in [-0.2, 0) is 34.0 Å². The zero-order chi connectivity index (χ0) is 26.9. The van der Waals surface area contributed by atoms with Crippen molar-refractivity contribution in [1.82, 2.24) is 9.55 Å². The van der Waals surface area contributed by atoms with Gasteiger partial charge >= 0.3 is 5.97 Å². The molecule has 0 amide bonds. The fourth-order valence-electron chi connectivity index (χ4n) is 4.99. The maximum absolute atomic E-state index is 13.3. The van der Waals surface area contributed by atoms with Gasteiger partial charge in [0, 0.05) is 5.56 Å². The molecule has 0 atom stereocenters. The fourth-order valence-corrected chi connectivity index (χ4v) is 6.35. The Morgan fingerprint density at radius 1 is 1.00 bits per heavy atom. The molecular formula is C29H28N2O6S. The predicted octanol–water partition coefficient (Wildman–Crippen LogP) is 4.40. The van der Waals surface area contributed by atoms with Gasteiger partial charge in [-0.2, -0.15) is 0 Å². The molecule has 2 aromatic heterocycles. The van der Waals surface area contributed by atoms with E-state index in [0.29, 0.717) is 47.8 Å². The number of nitrogens with zero attached hydrogens (tertiary/aromatic N) is 1. The monoisotopic (exact) mass is 532 g/mol. The van der Waals surface area contributed by atoms with Crippen LogP contribution >= 0.6 is 0 Å². The Balaban J connectivity index is 1.72. The molecule has 4 aromatic rings. The number of pyridine rings is 1. The van der Waals surface area contributed by atoms with E-state index in [1.165, 1.54) is 18.2 Å². The molecular weight excluding hydrogens is 504 g/mol. The smallest absolute Gasteiger partial charge is 0.354 e. The van der Waals surface area contributed by atoms with Crippen LogP contribution in [0.3, 0.4) is 0 Å². The van der Waals surface area contributed by atoms with Crippen molar-refractivity contribution in [2.75, 3.05) is 13.7 Å². The van der Waals surface area contributed by atoms with Crippen LogP contribution in [0.5, 0.6) is 5.75 Å². The number of carbonyl (C=O) groups excluding carboxylic acids is 1. The topological polar surface area (TPSA) is 107 Å². The number of rotatable bonds is 7. The zero-order valence-electron chi connectivity index (χ0n) is 21.2. The minimum atomic E-state index is -4.02. The van der Waals surface area contributed by atoms with Crippen LogP contribution in [0, 0.1) is 0 Å². The lowest BCUT2D eigenvalue weighted by Crippen LogP contribution is -2.21. The number of methoxy groups -OCH3 is 1. The van der Waals surface area contributed by atoms with Crippen LogP contribution in [-0.4, -0.2) is 37.7 Å². The Bertz CT molecular complexity index is 1670. The summed E-state index contributed by atoms with van der Waals surface area (Å²) in [5, 5.41) is 0. The average Bonchev–Trinajstić information content (AvgIpc) is 3.18. The number of hydrogen-bond donors (Lipinski definition) is 1. The van der Waals surface area contributed by atoms with Gasteiger partial charge in [0.2, 0.25) is 9.84 Å². The third-order valence-electron chi connectivity index (χ3n) is 6.74. The quantitative estimate of drug-likeness (QED) is 0.354. The highest BCUT2D eigenvalue weighted by Crippen LogP contribution is 2.36. The second-order valence-electron chi connectivity index (χ2n) is 9.05. The largest absolute Gasteiger partial charge is 0.496 e. The Kier molecular flexibility index (Phi) is 6.94. The number of aromatic amines is 1. The first-order valence-electron chi connectivity index (χ1n) is 12.4. The SMILES string of the molecule is CCOC(=O)c1cc2c(n1Cc1ccccc1OC)-c1[nH]c(=O)c(S(=O)(=O)c3ccccc3)cc1CCC2. The molecule has 0 unspecified atom stereocenters. The van der Waals surface area contributed by atoms with Gasteiger partial charge in [-0.05, 0) is 67.6 Å². The first kappa shape index (κ1) is 25.5. The van der Waals surface area contributed by atoms with E-state index in [1.807, 2.05) is 34.9 Å². The van der Waals surface area contributed by atoms with Gasteiger partial charge in [0.15, 0.2) is 0 Å². The minimum Gasteiger partial charge on any atom is -0.496 e. The number of aryl methyl sites for hydroxylation is 2. The maximum Gasteiger partial charge on any atom is 0.354 e. The molecule has 0 aliphatic heterocycles. The first-order valence-corrected chi connectivity index (χ1v) is 13.9. The highest BCUT2D eigenvalue weighted by Gasteiger charge is 2.29. The summed E-state index contributed by atoms with van der Waals surface area (Å²) in [6.45, 7) is 2.26. The van der Waals surface area contributed by atoms with Gasteiger partial charge in [0.1, 0.15) is 16.3 Å². The first-order chi connectivity index (χ1) is 18.3. The Morgan fingerprint density at radius 3 is 2.45 bits per heavy atom. The normalized spacial score (nSPS) is 12.8. The highest BCUT2D eigenvalue weighted by molar-refractivity contribution is 7.91. The van der Waals surface area contributed by atoms with E-state index < -0.39 is 21.4 Å². The summed E-state index contributed by atoms with van der Waals surface area (Å²) in [6.07, 6.45) is 1.94. The lowest BCUT2D eigenvalue weighted by Gasteiger charge is -2.17. The Morgan fingerprint density at radius 2 is 1.71 bits per heavy atom. The lowest BCUT2D eigenvalue weighted by atomic mass is 10.1. The van der Waals surface area contributed by atoms with Gasteiger partial charge in [0.05, 0.1) is 36.5 Å². The molecule has 2 aromatic carbocycles. The highest BCUT2D eigenvalue weighted by atomic mass is 32.2. The van der Waals surface area contributed by atoms with Gasteiger partial charge in [-0.3, -0.25) is 4.79 Å². The van der Waals surface area contributed by atoms with E-state index in [1.54, 1.807) is 32.2 Å². The summed E-state index contributed by atoms with van der Waals surface area (Å²) in [7, 11) is -2.43. The van der Waals surface area contributed by atoms with Crippen molar-refractivity contribution in [3.05, 3.63) is 99.5 Å². The van der Waals surface area contributed by atoms with E-state index in [4.69, 9.17) is 9.47 Å². The second-order valence-corrected chi connectivity index (χ2v) is 11.0. The maximum atomic E-state index is 13.3. The minimum absolute atomic E-state index is 0.0592. The van der Waals surface area contributed by atoms with Crippen molar-refractivity contribution in [3.8, 4) is 17.1 Å². The number of ether oxygens (including phenoxy) is 2. The summed E-state index contributed by atoms with van der Waals surface area (Å²) in [5.41, 5.74) is 3.27.